The Hall–Kier alpha value is -2.19. The van der Waals surface area contributed by atoms with E-state index >= 15 is 0 Å². The van der Waals surface area contributed by atoms with Gasteiger partial charge in [-0.05, 0) is 30.6 Å². The molecule has 0 saturated heterocycles. The van der Waals surface area contributed by atoms with Crippen molar-refractivity contribution in [2.24, 2.45) is 0 Å². The zero-order chi connectivity index (χ0) is 17.8. The summed E-state index contributed by atoms with van der Waals surface area (Å²) in [6.45, 7) is -2.44. The molecular weight excluding hydrogens is 262 g/mol. The van der Waals surface area contributed by atoms with E-state index in [0.29, 0.717) is 5.69 Å². The molecule has 2 heteroatoms. The molecule has 96 valence electrons. The minimum Gasteiger partial charge on any atom is -0.256 e. The number of pyridine rings is 1. The minimum absolute atomic E-state index is 0.156. The number of aryl methyl sites for hydroxylation is 1. The van der Waals surface area contributed by atoms with Crippen molar-refractivity contribution in [1.82, 2.24) is 4.98 Å². The molecule has 0 aliphatic rings. The Bertz CT molecular complexity index is 1110. The van der Waals surface area contributed by atoms with Gasteiger partial charge in [0.1, 0.15) is 0 Å². The topological polar surface area (TPSA) is 12.9 Å². The highest BCUT2D eigenvalue weighted by molar-refractivity contribution is 7.25. The predicted octanol–water partition coefficient (Wildman–Crippen LogP) is 5.42. The summed E-state index contributed by atoms with van der Waals surface area (Å²) >= 11 is 1.66. The molecule has 0 spiro atoms. The first kappa shape index (κ1) is 7.55. The Kier molecular flexibility index (Phi) is 1.67. The van der Waals surface area contributed by atoms with Crippen LogP contribution in [0.3, 0.4) is 0 Å². The van der Waals surface area contributed by atoms with Gasteiger partial charge in [-0.3, -0.25) is 4.98 Å². The van der Waals surface area contributed by atoms with Crippen LogP contribution in [0.5, 0.6) is 0 Å². The highest BCUT2D eigenvalue weighted by Crippen LogP contribution is 2.39. The summed E-state index contributed by atoms with van der Waals surface area (Å²) in [7, 11) is 0. The Labute approximate surface area is 128 Å². The Morgan fingerprint density at radius 3 is 2.90 bits per heavy atom. The SMILES string of the molecule is [2H]c1c(C([2H])([2H])[2H])cnc(-c2cccc3sc4ccccc4c23)c1[2H]. The highest BCUT2D eigenvalue weighted by atomic mass is 32.1. The van der Waals surface area contributed by atoms with Crippen LogP contribution in [0.1, 0.15) is 12.4 Å². The number of nitrogens with zero attached hydrogens (tertiary/aromatic N) is 1. The van der Waals surface area contributed by atoms with Crippen LogP contribution in [-0.4, -0.2) is 4.98 Å². The van der Waals surface area contributed by atoms with Crippen LogP contribution in [0.2, 0.25) is 0 Å². The quantitative estimate of drug-likeness (QED) is 0.453. The Morgan fingerprint density at radius 1 is 1.05 bits per heavy atom. The van der Waals surface area contributed by atoms with E-state index in [9.17, 15) is 0 Å². The molecular formula is C18H13NS. The largest absolute Gasteiger partial charge is 0.256 e. The molecule has 0 saturated carbocycles. The van der Waals surface area contributed by atoms with E-state index in [1.807, 2.05) is 42.5 Å². The fourth-order valence-electron chi connectivity index (χ4n) is 2.43. The van der Waals surface area contributed by atoms with Crippen LogP contribution in [-0.2, 0) is 0 Å². The molecule has 2 aromatic carbocycles. The number of thiophene rings is 1. The Balaban J connectivity index is 2.04. The zero-order valence-electron chi connectivity index (χ0n) is 15.5. The van der Waals surface area contributed by atoms with Gasteiger partial charge in [-0.1, -0.05) is 36.4 Å². The first-order valence-electron chi connectivity index (χ1n) is 8.75. The monoisotopic (exact) mass is 280 g/mol. The fraction of sp³-hybridized carbons (Fsp3) is 0.0556. The van der Waals surface area contributed by atoms with Gasteiger partial charge in [0.2, 0.25) is 0 Å². The molecule has 1 nitrogen and oxygen atoms in total. The number of rotatable bonds is 1. The van der Waals surface area contributed by atoms with E-state index < -0.39 is 6.85 Å². The van der Waals surface area contributed by atoms with Crippen LogP contribution >= 0.6 is 11.3 Å². The van der Waals surface area contributed by atoms with Gasteiger partial charge in [0.05, 0.1) is 8.44 Å². The molecule has 0 aliphatic heterocycles. The van der Waals surface area contributed by atoms with Gasteiger partial charge in [0, 0.05) is 36.0 Å². The van der Waals surface area contributed by atoms with Gasteiger partial charge in [0.25, 0.3) is 0 Å². The smallest absolute Gasteiger partial charge is 0.0708 e. The van der Waals surface area contributed by atoms with Gasteiger partial charge in [-0.2, -0.15) is 0 Å². The summed E-state index contributed by atoms with van der Waals surface area (Å²) in [5.74, 6) is 0. The molecule has 0 atom stereocenters. The maximum Gasteiger partial charge on any atom is 0.0708 e. The molecule has 0 unspecified atom stereocenters. The van der Waals surface area contributed by atoms with Gasteiger partial charge < -0.3 is 0 Å². The van der Waals surface area contributed by atoms with E-state index in [-0.39, 0.29) is 17.6 Å². The van der Waals surface area contributed by atoms with Crippen LogP contribution < -0.4 is 0 Å². The first-order valence-corrected chi connectivity index (χ1v) is 7.07. The van der Waals surface area contributed by atoms with E-state index in [2.05, 4.69) is 4.98 Å². The summed E-state index contributed by atoms with van der Waals surface area (Å²) in [5, 5.41) is 2.07. The first-order chi connectivity index (χ1) is 11.9. The lowest BCUT2D eigenvalue weighted by atomic mass is 10.0. The fourth-order valence-corrected chi connectivity index (χ4v) is 3.56. The van der Waals surface area contributed by atoms with Crippen molar-refractivity contribution in [2.75, 3.05) is 0 Å². The second-order valence-electron chi connectivity index (χ2n) is 4.55. The Morgan fingerprint density at radius 2 is 1.95 bits per heavy atom. The maximum absolute atomic E-state index is 8.29. The molecule has 0 N–H and O–H groups in total. The van der Waals surface area contributed by atoms with Crippen molar-refractivity contribution < 1.29 is 6.85 Å². The average Bonchev–Trinajstić information content (AvgIpc) is 2.95. The van der Waals surface area contributed by atoms with Gasteiger partial charge >= 0.3 is 0 Å². The summed E-state index contributed by atoms with van der Waals surface area (Å²) in [5.41, 5.74) is 0.904. The van der Waals surface area contributed by atoms with Crippen LogP contribution in [0.25, 0.3) is 31.4 Å². The molecule has 0 bridgehead atoms. The molecule has 0 aliphatic carbocycles. The van der Waals surface area contributed by atoms with Gasteiger partial charge in [-0.15, -0.1) is 11.3 Å². The molecule has 4 rings (SSSR count). The lowest BCUT2D eigenvalue weighted by Crippen LogP contribution is -1.84. The third-order valence-corrected chi connectivity index (χ3v) is 4.43. The standard InChI is InChI=1S/C18H13NS/c1-12-9-10-15(19-11-12)13-6-4-8-17-18(13)14-5-2-3-7-16(14)20-17/h2-11H,1H3/i1D3,9D,10D. The maximum atomic E-state index is 8.29. The minimum atomic E-state index is -2.44. The summed E-state index contributed by atoms with van der Waals surface area (Å²) < 4.78 is 41.1. The van der Waals surface area contributed by atoms with E-state index in [4.69, 9.17) is 6.85 Å². The van der Waals surface area contributed by atoms with Crippen LogP contribution in [0.4, 0.5) is 0 Å². The summed E-state index contributed by atoms with van der Waals surface area (Å²) in [4.78, 5) is 4.25. The predicted molar refractivity (Wildman–Crippen MR) is 87.3 cm³/mol. The van der Waals surface area contributed by atoms with E-state index in [1.165, 1.54) is 6.20 Å². The summed E-state index contributed by atoms with van der Waals surface area (Å²) in [6, 6.07) is 13.4. The van der Waals surface area contributed by atoms with Crippen LogP contribution in [0, 0.1) is 6.85 Å². The second-order valence-corrected chi connectivity index (χ2v) is 5.63. The number of fused-ring (bicyclic) bond motifs is 3. The molecule has 2 heterocycles. The van der Waals surface area contributed by atoms with Crippen LogP contribution in [0.15, 0.2) is 60.7 Å². The number of benzene rings is 2. The molecule has 0 amide bonds. The third kappa shape index (κ3) is 1.73. The molecule has 20 heavy (non-hydrogen) atoms. The molecule has 0 fully saturated rings. The highest BCUT2D eigenvalue weighted by Gasteiger charge is 2.10. The molecule has 4 aromatic rings. The van der Waals surface area contributed by atoms with Gasteiger partial charge in [-0.25, -0.2) is 0 Å². The molecule has 0 radical (unpaired) electrons. The lowest BCUT2D eigenvalue weighted by molar-refractivity contribution is 1.27. The van der Waals surface area contributed by atoms with Gasteiger partial charge in [0.15, 0.2) is 0 Å². The van der Waals surface area contributed by atoms with Crippen molar-refractivity contribution in [3.8, 4) is 11.3 Å². The van der Waals surface area contributed by atoms with Crippen molar-refractivity contribution >= 4 is 31.5 Å². The van der Waals surface area contributed by atoms with E-state index in [0.717, 1.165) is 25.7 Å². The number of aromatic nitrogens is 1. The number of hydrogen-bond donors (Lipinski definition) is 0. The van der Waals surface area contributed by atoms with Crippen molar-refractivity contribution in [3.63, 3.8) is 0 Å². The van der Waals surface area contributed by atoms with Crippen molar-refractivity contribution in [2.45, 2.75) is 6.85 Å². The average molecular weight is 280 g/mol. The number of hydrogen-bond acceptors (Lipinski definition) is 2. The molecule has 2 aromatic heterocycles. The zero-order valence-corrected chi connectivity index (χ0v) is 11.3. The van der Waals surface area contributed by atoms with E-state index in [1.54, 1.807) is 11.3 Å². The normalized spacial score (nSPS) is 15.5. The van der Waals surface area contributed by atoms with Crippen molar-refractivity contribution in [3.05, 3.63) is 66.3 Å². The lowest BCUT2D eigenvalue weighted by Gasteiger charge is -2.04. The second kappa shape index (κ2) is 4.43. The third-order valence-electron chi connectivity index (χ3n) is 3.30. The van der Waals surface area contributed by atoms with Crippen molar-refractivity contribution in [1.29, 1.82) is 0 Å². The summed E-state index contributed by atoms with van der Waals surface area (Å²) in [6.07, 6.45) is 1.20.